The molecule has 1 heterocycles. The molecule has 0 aliphatic carbocycles. The molecule has 1 aliphatic heterocycles. The molecule has 0 amide bonds. The van der Waals surface area contributed by atoms with Crippen molar-refractivity contribution in [2.45, 2.75) is 39.2 Å². The van der Waals surface area contributed by atoms with E-state index in [2.05, 4.69) is 49.1 Å². The second-order valence-corrected chi connectivity index (χ2v) is 6.28. The van der Waals surface area contributed by atoms with Crippen molar-refractivity contribution in [2.24, 2.45) is 11.1 Å². The van der Waals surface area contributed by atoms with Gasteiger partial charge in [0.15, 0.2) is 0 Å². The molecule has 1 atom stereocenters. The van der Waals surface area contributed by atoms with Gasteiger partial charge < -0.3 is 5.73 Å². The maximum atomic E-state index is 5.98. The summed E-state index contributed by atoms with van der Waals surface area (Å²) in [5.74, 6) is 0. The van der Waals surface area contributed by atoms with Gasteiger partial charge in [0.05, 0.1) is 0 Å². The van der Waals surface area contributed by atoms with Crippen LogP contribution < -0.4 is 5.73 Å². The van der Waals surface area contributed by atoms with E-state index in [1.807, 2.05) is 0 Å². The largest absolute Gasteiger partial charge is 0.329 e. The van der Waals surface area contributed by atoms with Gasteiger partial charge in [-0.05, 0) is 43.3 Å². The molecule has 0 saturated carbocycles. The van der Waals surface area contributed by atoms with E-state index in [1.54, 1.807) is 0 Å². The lowest BCUT2D eigenvalue weighted by atomic mass is 9.82. The second kappa shape index (κ2) is 5.85. The summed E-state index contributed by atoms with van der Waals surface area (Å²) in [5, 5.41) is 0. The van der Waals surface area contributed by atoms with E-state index in [9.17, 15) is 0 Å². The average molecular weight is 246 g/mol. The highest BCUT2D eigenvalue weighted by molar-refractivity contribution is 5.16. The highest BCUT2D eigenvalue weighted by Crippen LogP contribution is 2.30. The van der Waals surface area contributed by atoms with Crippen LogP contribution in [0.25, 0.3) is 0 Å². The molecule has 2 N–H and O–H groups in total. The number of piperidine rings is 1. The van der Waals surface area contributed by atoms with Gasteiger partial charge in [0, 0.05) is 12.6 Å². The van der Waals surface area contributed by atoms with Gasteiger partial charge in [-0.2, -0.15) is 0 Å². The smallest absolute Gasteiger partial charge is 0.0258 e. The molecule has 0 bridgehead atoms. The highest BCUT2D eigenvalue weighted by atomic mass is 15.2. The number of likely N-dealkylation sites (tertiary alicyclic amines) is 1. The van der Waals surface area contributed by atoms with Gasteiger partial charge in [-0.1, -0.05) is 44.2 Å². The Morgan fingerprint density at radius 2 is 1.78 bits per heavy atom. The third-order valence-electron chi connectivity index (χ3n) is 4.25. The zero-order valence-electron chi connectivity index (χ0n) is 11.7. The molecule has 2 nitrogen and oxygen atoms in total. The molecule has 1 aliphatic rings. The minimum Gasteiger partial charge on any atom is -0.329 e. The number of hydrogen-bond donors (Lipinski definition) is 1. The molecule has 1 saturated heterocycles. The molecule has 100 valence electrons. The summed E-state index contributed by atoms with van der Waals surface area (Å²) in [5.41, 5.74) is 7.89. The van der Waals surface area contributed by atoms with Crippen molar-refractivity contribution in [2.75, 3.05) is 19.6 Å². The van der Waals surface area contributed by atoms with E-state index in [0.717, 1.165) is 13.0 Å². The Morgan fingerprint density at radius 3 is 2.33 bits per heavy atom. The zero-order valence-corrected chi connectivity index (χ0v) is 11.7. The minimum atomic E-state index is 0.503. The van der Waals surface area contributed by atoms with Crippen LogP contribution in [0.5, 0.6) is 0 Å². The Hall–Kier alpha value is -0.860. The maximum Gasteiger partial charge on any atom is 0.0258 e. The first-order valence-electron chi connectivity index (χ1n) is 7.09. The third-order valence-corrected chi connectivity index (χ3v) is 4.25. The van der Waals surface area contributed by atoms with Crippen LogP contribution in [0.3, 0.4) is 0 Å². The van der Waals surface area contributed by atoms with E-state index in [0.29, 0.717) is 11.5 Å². The second-order valence-electron chi connectivity index (χ2n) is 6.28. The molecule has 1 unspecified atom stereocenters. The molecular weight excluding hydrogens is 220 g/mol. The molecular formula is C16H26N2. The Kier molecular flexibility index (Phi) is 4.41. The Bertz CT molecular complexity index is 349. The topological polar surface area (TPSA) is 29.3 Å². The van der Waals surface area contributed by atoms with Crippen molar-refractivity contribution in [3.05, 3.63) is 35.9 Å². The van der Waals surface area contributed by atoms with Crippen LogP contribution in [-0.4, -0.2) is 30.6 Å². The van der Waals surface area contributed by atoms with Crippen LogP contribution >= 0.6 is 0 Å². The first-order valence-corrected chi connectivity index (χ1v) is 7.09. The quantitative estimate of drug-likeness (QED) is 0.885. The number of rotatable bonds is 4. The van der Waals surface area contributed by atoms with E-state index < -0.39 is 0 Å². The molecule has 2 heteroatoms. The van der Waals surface area contributed by atoms with Crippen molar-refractivity contribution < 1.29 is 0 Å². The van der Waals surface area contributed by atoms with Gasteiger partial charge in [0.25, 0.3) is 0 Å². The standard InChI is InChI=1S/C16H26N2/c1-16(2)8-10-18(11-9-16)15(13-17)12-14-6-4-3-5-7-14/h3-7,15H,8-13,17H2,1-2H3. The van der Waals surface area contributed by atoms with Crippen molar-refractivity contribution >= 4 is 0 Å². The van der Waals surface area contributed by atoms with Crippen molar-refractivity contribution in [3.63, 3.8) is 0 Å². The Morgan fingerprint density at radius 1 is 1.17 bits per heavy atom. The fourth-order valence-corrected chi connectivity index (χ4v) is 2.74. The van der Waals surface area contributed by atoms with Gasteiger partial charge >= 0.3 is 0 Å². The first-order chi connectivity index (χ1) is 8.61. The van der Waals surface area contributed by atoms with E-state index in [4.69, 9.17) is 5.73 Å². The van der Waals surface area contributed by atoms with Crippen LogP contribution in [0.4, 0.5) is 0 Å². The molecule has 1 aromatic rings. The molecule has 0 radical (unpaired) electrons. The lowest BCUT2D eigenvalue weighted by Crippen LogP contribution is -2.47. The number of nitrogens with zero attached hydrogens (tertiary/aromatic N) is 1. The predicted molar refractivity (Wildman–Crippen MR) is 77.6 cm³/mol. The molecule has 1 fully saturated rings. The number of benzene rings is 1. The minimum absolute atomic E-state index is 0.503. The summed E-state index contributed by atoms with van der Waals surface area (Å²) in [4.78, 5) is 2.58. The van der Waals surface area contributed by atoms with Crippen molar-refractivity contribution in [1.82, 2.24) is 4.90 Å². The lowest BCUT2D eigenvalue weighted by Gasteiger charge is -2.40. The predicted octanol–water partition coefficient (Wildman–Crippen LogP) is 2.68. The van der Waals surface area contributed by atoms with Gasteiger partial charge in [0.2, 0.25) is 0 Å². The van der Waals surface area contributed by atoms with Crippen LogP contribution in [0, 0.1) is 5.41 Å². The van der Waals surface area contributed by atoms with Crippen LogP contribution in [-0.2, 0) is 6.42 Å². The van der Waals surface area contributed by atoms with Crippen molar-refractivity contribution in [1.29, 1.82) is 0 Å². The van der Waals surface area contributed by atoms with Crippen LogP contribution in [0.2, 0.25) is 0 Å². The van der Waals surface area contributed by atoms with Crippen LogP contribution in [0.15, 0.2) is 30.3 Å². The monoisotopic (exact) mass is 246 g/mol. The Balaban J connectivity index is 1.94. The number of nitrogens with two attached hydrogens (primary N) is 1. The van der Waals surface area contributed by atoms with E-state index in [1.165, 1.54) is 31.5 Å². The molecule has 0 aromatic heterocycles. The first kappa shape index (κ1) is 13.6. The van der Waals surface area contributed by atoms with E-state index in [-0.39, 0.29) is 0 Å². The fourth-order valence-electron chi connectivity index (χ4n) is 2.74. The molecule has 2 rings (SSSR count). The molecule has 1 aromatic carbocycles. The fraction of sp³-hybridized carbons (Fsp3) is 0.625. The normalized spacial score (nSPS) is 21.7. The van der Waals surface area contributed by atoms with Crippen LogP contribution in [0.1, 0.15) is 32.3 Å². The molecule has 18 heavy (non-hydrogen) atoms. The summed E-state index contributed by atoms with van der Waals surface area (Å²) in [6.45, 7) is 7.90. The van der Waals surface area contributed by atoms with Gasteiger partial charge in [0.1, 0.15) is 0 Å². The van der Waals surface area contributed by atoms with Crippen molar-refractivity contribution in [3.8, 4) is 0 Å². The summed E-state index contributed by atoms with van der Waals surface area (Å²) < 4.78 is 0. The summed E-state index contributed by atoms with van der Waals surface area (Å²) in [6, 6.07) is 11.2. The maximum absolute atomic E-state index is 5.98. The average Bonchev–Trinajstić information content (AvgIpc) is 2.38. The van der Waals surface area contributed by atoms with E-state index >= 15 is 0 Å². The van der Waals surface area contributed by atoms with Gasteiger partial charge in [-0.3, -0.25) is 4.90 Å². The summed E-state index contributed by atoms with van der Waals surface area (Å²) >= 11 is 0. The van der Waals surface area contributed by atoms with Gasteiger partial charge in [-0.25, -0.2) is 0 Å². The number of hydrogen-bond acceptors (Lipinski definition) is 2. The Labute approximate surface area is 111 Å². The molecule has 0 spiro atoms. The summed E-state index contributed by atoms with van der Waals surface area (Å²) in [7, 11) is 0. The van der Waals surface area contributed by atoms with Gasteiger partial charge in [-0.15, -0.1) is 0 Å². The highest BCUT2D eigenvalue weighted by Gasteiger charge is 2.28. The third kappa shape index (κ3) is 3.56. The zero-order chi connectivity index (χ0) is 13.0. The SMILES string of the molecule is CC1(C)CCN(C(CN)Cc2ccccc2)CC1. The summed E-state index contributed by atoms with van der Waals surface area (Å²) in [6.07, 6.45) is 3.66. The lowest BCUT2D eigenvalue weighted by molar-refractivity contribution is 0.0963.